The Morgan fingerprint density at radius 1 is 1.05 bits per heavy atom. The van der Waals surface area contributed by atoms with Crippen LogP contribution >= 0.6 is 0 Å². The molecule has 104 valence electrons. The van der Waals surface area contributed by atoms with Crippen molar-refractivity contribution in [2.75, 3.05) is 0 Å². The molecule has 0 aliphatic rings. The molecule has 0 radical (unpaired) electrons. The number of quaternary nitrogens is 1. The first-order chi connectivity index (χ1) is 9.56. The topological polar surface area (TPSA) is 53.9 Å². The summed E-state index contributed by atoms with van der Waals surface area (Å²) in [6.07, 6.45) is 0. The molecule has 2 aromatic rings. The predicted molar refractivity (Wildman–Crippen MR) is 78.8 cm³/mol. The molecule has 0 spiro atoms. The van der Waals surface area contributed by atoms with Gasteiger partial charge in [-0.25, -0.2) is 4.79 Å². The normalized spacial score (nSPS) is 11.9. The van der Waals surface area contributed by atoms with E-state index in [9.17, 15) is 4.79 Å². The summed E-state index contributed by atoms with van der Waals surface area (Å²) in [7, 11) is 0. The fraction of sp³-hybridized carbons (Fsp3) is 0.235. The number of carbonyl (C=O) groups excluding carboxylic acids is 1. The van der Waals surface area contributed by atoms with Gasteiger partial charge in [-0.2, -0.15) is 0 Å². The van der Waals surface area contributed by atoms with Crippen LogP contribution in [0.4, 0.5) is 0 Å². The average Bonchev–Trinajstić information content (AvgIpc) is 2.46. The Hall–Kier alpha value is -2.13. The van der Waals surface area contributed by atoms with Crippen molar-refractivity contribution in [1.29, 1.82) is 0 Å². The van der Waals surface area contributed by atoms with Crippen molar-refractivity contribution in [3.63, 3.8) is 0 Å². The molecular weight excluding hydrogens is 250 g/mol. The molecule has 0 fully saturated rings. The summed E-state index contributed by atoms with van der Waals surface area (Å²) in [5.41, 5.74) is 8.21. The second-order valence-corrected chi connectivity index (χ2v) is 5.07. The number of hydrogen-bond donors (Lipinski definition) is 1. The highest BCUT2D eigenvalue weighted by Crippen LogP contribution is 2.20. The lowest BCUT2D eigenvalue weighted by Crippen LogP contribution is -2.63. The number of ether oxygens (including phenoxy) is 1. The number of rotatable bonds is 4. The van der Waals surface area contributed by atoms with Crippen LogP contribution in [0.25, 0.3) is 11.1 Å². The zero-order valence-corrected chi connectivity index (χ0v) is 11.9. The maximum absolute atomic E-state index is 11.4. The van der Waals surface area contributed by atoms with E-state index in [0.29, 0.717) is 6.61 Å². The smallest absolute Gasteiger partial charge is 0.364 e. The summed E-state index contributed by atoms with van der Waals surface area (Å²) in [5, 5.41) is 0. The number of carbonyl (C=O) groups is 1. The molecule has 2 rings (SSSR count). The van der Waals surface area contributed by atoms with E-state index >= 15 is 0 Å². The highest BCUT2D eigenvalue weighted by Gasteiger charge is 2.11. The third kappa shape index (κ3) is 3.68. The van der Waals surface area contributed by atoms with Gasteiger partial charge < -0.3 is 10.5 Å². The van der Waals surface area contributed by atoms with Gasteiger partial charge in [-0.05, 0) is 30.5 Å². The van der Waals surface area contributed by atoms with Crippen molar-refractivity contribution < 1.29 is 15.3 Å². The lowest BCUT2D eigenvalue weighted by Gasteiger charge is -2.07. The van der Waals surface area contributed by atoms with Crippen molar-refractivity contribution in [1.82, 2.24) is 0 Å². The highest BCUT2D eigenvalue weighted by molar-refractivity contribution is 5.73. The fourth-order valence-corrected chi connectivity index (χ4v) is 1.84. The van der Waals surface area contributed by atoms with Crippen LogP contribution in [0.3, 0.4) is 0 Å². The lowest BCUT2D eigenvalue weighted by molar-refractivity contribution is -0.403. The van der Waals surface area contributed by atoms with Crippen molar-refractivity contribution >= 4 is 5.97 Å². The van der Waals surface area contributed by atoms with Gasteiger partial charge in [0.15, 0.2) is 6.04 Å². The zero-order chi connectivity index (χ0) is 14.5. The van der Waals surface area contributed by atoms with E-state index in [0.717, 1.165) is 11.1 Å². The molecule has 0 heterocycles. The Balaban J connectivity index is 2.03. The van der Waals surface area contributed by atoms with Gasteiger partial charge in [-0.3, -0.25) is 0 Å². The Labute approximate surface area is 119 Å². The Bertz CT molecular complexity index is 571. The van der Waals surface area contributed by atoms with Crippen LogP contribution in [-0.2, 0) is 16.1 Å². The summed E-state index contributed by atoms with van der Waals surface area (Å²) in [4.78, 5) is 11.4. The molecule has 0 bridgehead atoms. The van der Waals surface area contributed by atoms with Crippen LogP contribution in [0.15, 0.2) is 48.5 Å². The third-order valence-electron chi connectivity index (χ3n) is 3.12. The van der Waals surface area contributed by atoms with Gasteiger partial charge in [0.2, 0.25) is 0 Å². The van der Waals surface area contributed by atoms with Crippen LogP contribution in [0.5, 0.6) is 0 Å². The molecule has 20 heavy (non-hydrogen) atoms. The minimum Gasteiger partial charge on any atom is -0.456 e. The van der Waals surface area contributed by atoms with E-state index in [1.54, 1.807) is 6.92 Å². The number of esters is 1. The third-order valence-corrected chi connectivity index (χ3v) is 3.12. The van der Waals surface area contributed by atoms with Crippen LogP contribution in [0.2, 0.25) is 0 Å². The predicted octanol–water partition coefficient (Wildman–Crippen LogP) is 2.34. The van der Waals surface area contributed by atoms with E-state index < -0.39 is 0 Å². The monoisotopic (exact) mass is 270 g/mol. The molecule has 3 N–H and O–H groups in total. The van der Waals surface area contributed by atoms with E-state index in [-0.39, 0.29) is 12.0 Å². The molecule has 0 aromatic heterocycles. The van der Waals surface area contributed by atoms with Crippen molar-refractivity contribution in [2.24, 2.45) is 0 Å². The van der Waals surface area contributed by atoms with Crippen LogP contribution in [0, 0.1) is 6.92 Å². The van der Waals surface area contributed by atoms with Gasteiger partial charge in [-0.1, -0.05) is 54.1 Å². The van der Waals surface area contributed by atoms with Gasteiger partial charge >= 0.3 is 5.97 Å². The van der Waals surface area contributed by atoms with Crippen molar-refractivity contribution in [3.8, 4) is 11.1 Å². The quantitative estimate of drug-likeness (QED) is 0.867. The minimum absolute atomic E-state index is 0.271. The average molecular weight is 270 g/mol. The summed E-state index contributed by atoms with van der Waals surface area (Å²) in [6, 6.07) is 16.1. The van der Waals surface area contributed by atoms with Gasteiger partial charge in [-0.15, -0.1) is 0 Å². The Morgan fingerprint density at radius 2 is 1.55 bits per heavy atom. The Kier molecular flexibility index (Phi) is 4.53. The van der Waals surface area contributed by atoms with Crippen LogP contribution in [-0.4, -0.2) is 12.0 Å². The summed E-state index contributed by atoms with van der Waals surface area (Å²) in [5.74, 6) is -0.271. The molecule has 3 nitrogen and oxygen atoms in total. The lowest BCUT2D eigenvalue weighted by atomic mass is 10.0. The molecule has 1 unspecified atom stereocenters. The molecule has 2 aromatic carbocycles. The van der Waals surface area contributed by atoms with Crippen molar-refractivity contribution in [3.05, 3.63) is 59.7 Å². The second-order valence-electron chi connectivity index (χ2n) is 5.07. The number of aryl methyl sites for hydroxylation is 1. The zero-order valence-electron chi connectivity index (χ0n) is 11.9. The van der Waals surface area contributed by atoms with E-state index in [1.165, 1.54) is 11.1 Å². The largest absolute Gasteiger partial charge is 0.456 e. The molecule has 0 amide bonds. The summed E-state index contributed by atoms with van der Waals surface area (Å²) >= 11 is 0. The molecule has 0 aliphatic carbocycles. The molecule has 1 atom stereocenters. The molecule has 3 heteroatoms. The van der Waals surface area contributed by atoms with Crippen molar-refractivity contribution in [2.45, 2.75) is 26.5 Å². The van der Waals surface area contributed by atoms with Crippen LogP contribution < -0.4 is 5.73 Å². The standard InChI is InChI=1S/C17H19NO2/c1-12-3-7-15(8-4-12)16-9-5-14(6-10-16)11-20-17(19)13(2)18/h3-10,13H,11,18H2,1-2H3/p+1. The van der Waals surface area contributed by atoms with E-state index in [1.807, 2.05) is 24.3 Å². The van der Waals surface area contributed by atoms with Gasteiger partial charge in [0.05, 0.1) is 0 Å². The maximum Gasteiger partial charge on any atom is 0.364 e. The van der Waals surface area contributed by atoms with Gasteiger partial charge in [0.1, 0.15) is 6.61 Å². The summed E-state index contributed by atoms with van der Waals surface area (Å²) in [6.45, 7) is 4.10. The first-order valence-electron chi connectivity index (χ1n) is 6.72. The number of hydrogen-bond acceptors (Lipinski definition) is 2. The van der Waals surface area contributed by atoms with Gasteiger partial charge in [0, 0.05) is 0 Å². The molecule has 0 saturated heterocycles. The van der Waals surface area contributed by atoms with E-state index in [2.05, 4.69) is 36.9 Å². The van der Waals surface area contributed by atoms with E-state index in [4.69, 9.17) is 4.74 Å². The highest BCUT2D eigenvalue weighted by atomic mass is 16.5. The van der Waals surface area contributed by atoms with Gasteiger partial charge in [0.25, 0.3) is 0 Å². The molecule has 0 aliphatic heterocycles. The van der Waals surface area contributed by atoms with Crippen LogP contribution in [0.1, 0.15) is 18.1 Å². The SMILES string of the molecule is Cc1ccc(-c2ccc(COC(=O)C(C)[NH3+])cc2)cc1. The summed E-state index contributed by atoms with van der Waals surface area (Å²) < 4.78 is 5.15. The first-order valence-corrected chi connectivity index (χ1v) is 6.72. The maximum atomic E-state index is 11.4. The number of benzene rings is 2. The fourth-order valence-electron chi connectivity index (χ4n) is 1.84. The molecular formula is C17H20NO2+. The Morgan fingerprint density at radius 3 is 2.05 bits per heavy atom. The first kappa shape index (κ1) is 14.3. The minimum atomic E-state index is -0.332. The molecule has 0 saturated carbocycles. The second kappa shape index (κ2) is 6.35.